The molecule has 0 saturated heterocycles. The number of halogens is 1. The predicted molar refractivity (Wildman–Crippen MR) is 69.8 cm³/mol. The van der Waals surface area contributed by atoms with Gasteiger partial charge < -0.3 is 11.1 Å². The molecule has 4 N–H and O–H groups in total. The van der Waals surface area contributed by atoms with Crippen LogP contribution in [-0.2, 0) is 4.79 Å². The smallest absolute Gasteiger partial charge is 0.321 e. The van der Waals surface area contributed by atoms with E-state index >= 15 is 0 Å². The third-order valence-electron chi connectivity index (χ3n) is 2.35. The lowest BCUT2D eigenvalue weighted by molar-refractivity contribution is -0.122. The standard InChI is InChI=1S/C10H14ClN5O3/c1-3-13-10(19)15-8(17)5(2)16-4-14-7(11)6(12)9(16)18/h4-5H,3,12H2,1-2H3,(H2,13,15,17,19). The number of nitrogens with two attached hydrogens (primary N) is 1. The van der Waals surface area contributed by atoms with E-state index in [1.54, 1.807) is 6.92 Å². The number of hydrogen-bond donors (Lipinski definition) is 3. The first kappa shape index (κ1) is 15.0. The maximum atomic E-state index is 11.8. The van der Waals surface area contributed by atoms with Gasteiger partial charge in [0.25, 0.3) is 11.5 Å². The van der Waals surface area contributed by atoms with Crippen LogP contribution in [-0.4, -0.2) is 28.0 Å². The normalized spacial score (nSPS) is 11.7. The first-order valence-corrected chi connectivity index (χ1v) is 5.87. The Morgan fingerprint density at radius 1 is 1.58 bits per heavy atom. The van der Waals surface area contributed by atoms with E-state index in [1.807, 2.05) is 0 Å². The maximum absolute atomic E-state index is 11.8. The van der Waals surface area contributed by atoms with Gasteiger partial charge in [-0.3, -0.25) is 19.5 Å². The molecule has 0 aliphatic heterocycles. The summed E-state index contributed by atoms with van der Waals surface area (Å²) in [5, 5.41) is 4.36. The quantitative estimate of drug-likeness (QED) is 0.670. The number of nitrogens with one attached hydrogen (secondary N) is 2. The molecule has 19 heavy (non-hydrogen) atoms. The fraction of sp³-hybridized carbons (Fsp3) is 0.400. The fourth-order valence-electron chi connectivity index (χ4n) is 1.29. The lowest BCUT2D eigenvalue weighted by Gasteiger charge is -2.14. The van der Waals surface area contributed by atoms with Gasteiger partial charge in [0, 0.05) is 6.54 Å². The van der Waals surface area contributed by atoms with Crippen molar-refractivity contribution in [3.05, 3.63) is 21.8 Å². The van der Waals surface area contributed by atoms with Crippen LogP contribution < -0.4 is 21.9 Å². The van der Waals surface area contributed by atoms with E-state index < -0.39 is 23.5 Å². The Balaban J connectivity index is 2.92. The Hall–Kier alpha value is -2.09. The lowest BCUT2D eigenvalue weighted by Crippen LogP contribution is -2.44. The summed E-state index contributed by atoms with van der Waals surface area (Å²) >= 11 is 5.58. The highest BCUT2D eigenvalue weighted by atomic mass is 35.5. The molecule has 0 aliphatic rings. The number of urea groups is 1. The Labute approximate surface area is 113 Å². The number of amides is 3. The minimum atomic E-state index is -0.942. The number of imide groups is 1. The molecule has 1 rings (SSSR count). The zero-order valence-electron chi connectivity index (χ0n) is 10.4. The molecule has 1 aromatic heterocycles. The summed E-state index contributed by atoms with van der Waals surface area (Å²) in [5.41, 5.74) is 4.54. The summed E-state index contributed by atoms with van der Waals surface area (Å²) in [6, 6.07) is -1.58. The van der Waals surface area contributed by atoms with Gasteiger partial charge in [0.05, 0.1) is 0 Å². The van der Waals surface area contributed by atoms with Crippen molar-refractivity contribution < 1.29 is 9.59 Å². The van der Waals surface area contributed by atoms with Crippen LogP contribution in [0.5, 0.6) is 0 Å². The van der Waals surface area contributed by atoms with Gasteiger partial charge in [-0.05, 0) is 13.8 Å². The minimum absolute atomic E-state index is 0.127. The molecular weight excluding hydrogens is 274 g/mol. The number of rotatable bonds is 3. The summed E-state index contributed by atoms with van der Waals surface area (Å²) in [6.45, 7) is 3.52. The monoisotopic (exact) mass is 287 g/mol. The number of nitrogens with zero attached hydrogens (tertiary/aromatic N) is 2. The lowest BCUT2D eigenvalue weighted by atomic mass is 10.3. The van der Waals surface area contributed by atoms with Crippen molar-refractivity contribution in [3.63, 3.8) is 0 Å². The van der Waals surface area contributed by atoms with Crippen LogP contribution >= 0.6 is 11.6 Å². The molecular formula is C10H14ClN5O3. The van der Waals surface area contributed by atoms with Crippen LogP contribution in [0.2, 0.25) is 5.15 Å². The van der Waals surface area contributed by atoms with Crippen LogP contribution in [0.15, 0.2) is 11.1 Å². The van der Waals surface area contributed by atoms with Crippen LogP contribution in [0.25, 0.3) is 0 Å². The van der Waals surface area contributed by atoms with Gasteiger partial charge in [0.2, 0.25) is 0 Å². The van der Waals surface area contributed by atoms with E-state index in [2.05, 4.69) is 15.6 Å². The molecule has 1 unspecified atom stereocenters. The first-order chi connectivity index (χ1) is 8.88. The van der Waals surface area contributed by atoms with Crippen molar-refractivity contribution in [1.29, 1.82) is 0 Å². The molecule has 0 fully saturated rings. The molecule has 0 radical (unpaired) electrons. The van der Waals surface area contributed by atoms with Gasteiger partial charge in [0.15, 0.2) is 5.15 Å². The molecule has 0 saturated carbocycles. The number of hydrogen-bond acceptors (Lipinski definition) is 5. The zero-order valence-corrected chi connectivity index (χ0v) is 11.2. The molecule has 0 bridgehead atoms. The molecule has 1 aromatic rings. The van der Waals surface area contributed by atoms with Crippen LogP contribution in [0, 0.1) is 0 Å². The van der Waals surface area contributed by atoms with Crippen LogP contribution in [0.4, 0.5) is 10.5 Å². The molecule has 9 heteroatoms. The third-order valence-corrected chi connectivity index (χ3v) is 2.65. The fourth-order valence-corrected chi connectivity index (χ4v) is 1.41. The Kier molecular flexibility index (Phi) is 4.87. The summed E-state index contributed by atoms with van der Waals surface area (Å²) in [6.07, 6.45) is 1.10. The Morgan fingerprint density at radius 3 is 2.79 bits per heavy atom. The predicted octanol–water partition coefficient (Wildman–Crippen LogP) is -0.114. The van der Waals surface area contributed by atoms with Gasteiger partial charge >= 0.3 is 6.03 Å². The Bertz CT molecular complexity index is 557. The highest BCUT2D eigenvalue weighted by Crippen LogP contribution is 2.10. The van der Waals surface area contributed by atoms with Crippen molar-refractivity contribution in [2.75, 3.05) is 12.3 Å². The maximum Gasteiger partial charge on any atom is 0.321 e. The molecule has 1 atom stereocenters. The number of aromatic nitrogens is 2. The summed E-state index contributed by atoms with van der Waals surface area (Å²) in [5.74, 6) is -0.656. The minimum Gasteiger partial charge on any atom is -0.392 e. The molecule has 0 aromatic carbocycles. The zero-order chi connectivity index (χ0) is 14.6. The topological polar surface area (TPSA) is 119 Å². The second-order valence-corrected chi connectivity index (χ2v) is 4.04. The molecule has 104 valence electrons. The Morgan fingerprint density at radius 2 is 2.21 bits per heavy atom. The highest BCUT2D eigenvalue weighted by molar-refractivity contribution is 6.31. The first-order valence-electron chi connectivity index (χ1n) is 5.49. The number of carbonyl (C=O) groups is 2. The van der Waals surface area contributed by atoms with Gasteiger partial charge in [-0.2, -0.15) is 0 Å². The van der Waals surface area contributed by atoms with Gasteiger partial charge in [-0.15, -0.1) is 0 Å². The largest absolute Gasteiger partial charge is 0.392 e. The van der Waals surface area contributed by atoms with E-state index in [0.717, 1.165) is 10.9 Å². The molecule has 0 aliphatic carbocycles. The number of anilines is 1. The SMILES string of the molecule is CCNC(=O)NC(=O)C(C)n1cnc(Cl)c(N)c1=O. The highest BCUT2D eigenvalue weighted by Gasteiger charge is 2.20. The van der Waals surface area contributed by atoms with Gasteiger partial charge in [0.1, 0.15) is 18.1 Å². The summed E-state index contributed by atoms with van der Waals surface area (Å²) in [4.78, 5) is 38.4. The molecule has 1 heterocycles. The molecule has 3 amide bonds. The van der Waals surface area contributed by atoms with Crippen molar-refractivity contribution in [3.8, 4) is 0 Å². The van der Waals surface area contributed by atoms with Gasteiger partial charge in [-0.1, -0.05) is 11.6 Å². The summed E-state index contributed by atoms with van der Waals surface area (Å²) < 4.78 is 0.996. The third kappa shape index (κ3) is 3.44. The van der Waals surface area contributed by atoms with E-state index in [4.69, 9.17) is 17.3 Å². The van der Waals surface area contributed by atoms with E-state index in [9.17, 15) is 14.4 Å². The second kappa shape index (κ2) is 6.19. The van der Waals surface area contributed by atoms with E-state index in [1.165, 1.54) is 6.92 Å². The van der Waals surface area contributed by atoms with E-state index in [0.29, 0.717) is 6.54 Å². The number of carbonyl (C=O) groups excluding carboxylic acids is 2. The van der Waals surface area contributed by atoms with Crippen molar-refractivity contribution in [2.24, 2.45) is 0 Å². The van der Waals surface area contributed by atoms with Crippen LogP contribution in [0.1, 0.15) is 19.9 Å². The average molecular weight is 288 g/mol. The number of nitrogen functional groups attached to an aromatic ring is 1. The van der Waals surface area contributed by atoms with Crippen molar-refractivity contribution in [1.82, 2.24) is 20.2 Å². The van der Waals surface area contributed by atoms with E-state index in [-0.39, 0.29) is 10.8 Å². The van der Waals surface area contributed by atoms with Gasteiger partial charge in [-0.25, -0.2) is 9.78 Å². The molecule has 8 nitrogen and oxygen atoms in total. The van der Waals surface area contributed by atoms with Crippen molar-refractivity contribution >= 4 is 29.2 Å². The van der Waals surface area contributed by atoms with Crippen molar-refractivity contribution in [2.45, 2.75) is 19.9 Å². The average Bonchev–Trinajstić information content (AvgIpc) is 2.35. The second-order valence-electron chi connectivity index (χ2n) is 3.69. The molecule has 0 spiro atoms. The summed E-state index contributed by atoms with van der Waals surface area (Å²) in [7, 11) is 0. The van der Waals surface area contributed by atoms with Crippen LogP contribution in [0.3, 0.4) is 0 Å².